The Balaban J connectivity index is 2.21. The first-order valence-corrected chi connectivity index (χ1v) is 6.52. The lowest BCUT2D eigenvalue weighted by Gasteiger charge is -2.36. The van der Waals surface area contributed by atoms with Gasteiger partial charge >= 0.3 is 0 Å². The summed E-state index contributed by atoms with van der Waals surface area (Å²) in [5.74, 6) is 5.88. The number of benzene rings is 1. The minimum absolute atomic E-state index is 0.472. The zero-order valence-electron chi connectivity index (χ0n) is 10.9. The fourth-order valence-corrected chi connectivity index (χ4v) is 3.12. The lowest BCUT2D eigenvalue weighted by atomic mass is 9.69. The summed E-state index contributed by atoms with van der Waals surface area (Å²) in [5.41, 5.74) is 3.16. The Hall–Kier alpha value is -0.860. The highest BCUT2D eigenvalue weighted by atomic mass is 16.6. The Labute approximate surface area is 104 Å². The molecule has 17 heavy (non-hydrogen) atoms. The molecule has 2 N–H and O–H groups in total. The number of hydrogen-bond acceptors (Lipinski definition) is 2. The first kappa shape index (κ1) is 12.6. The minimum Gasteiger partial charge on any atom is -0.300 e. The van der Waals surface area contributed by atoms with Crippen LogP contribution in [0.1, 0.15) is 56.6 Å². The third-order valence-electron chi connectivity index (χ3n) is 3.94. The highest BCUT2D eigenvalue weighted by molar-refractivity contribution is 5.30. The fourth-order valence-electron chi connectivity index (χ4n) is 3.12. The molecule has 0 heterocycles. The Morgan fingerprint density at radius 2 is 2.12 bits per heavy atom. The summed E-state index contributed by atoms with van der Waals surface area (Å²) >= 11 is 0. The first-order chi connectivity index (χ1) is 8.12. The van der Waals surface area contributed by atoms with E-state index in [9.17, 15) is 0 Å². The fraction of sp³-hybridized carbons (Fsp3) is 0.600. The molecule has 2 rings (SSSR count). The summed E-state index contributed by atoms with van der Waals surface area (Å²) in [6, 6.07) is 8.55. The quantitative estimate of drug-likeness (QED) is 0.807. The molecule has 0 saturated heterocycles. The summed E-state index contributed by atoms with van der Waals surface area (Å²) in [7, 11) is 0. The van der Waals surface area contributed by atoms with Crippen LogP contribution < -0.4 is 5.90 Å². The van der Waals surface area contributed by atoms with Crippen molar-refractivity contribution in [2.45, 2.75) is 52.1 Å². The molecule has 2 heteroatoms. The Kier molecular flexibility index (Phi) is 3.85. The zero-order valence-corrected chi connectivity index (χ0v) is 10.9. The van der Waals surface area contributed by atoms with Crippen molar-refractivity contribution in [2.24, 2.45) is 11.3 Å². The van der Waals surface area contributed by atoms with Gasteiger partial charge in [-0.3, -0.25) is 4.84 Å². The smallest absolute Gasteiger partial charge is 0.0932 e. The Bertz CT molecular complexity index is 373. The van der Waals surface area contributed by atoms with Gasteiger partial charge in [-0.25, -0.2) is 5.90 Å². The van der Waals surface area contributed by atoms with Crippen LogP contribution in [0.2, 0.25) is 0 Å². The highest BCUT2D eigenvalue weighted by Crippen LogP contribution is 2.44. The largest absolute Gasteiger partial charge is 0.300 e. The molecule has 0 spiro atoms. The standard InChI is InChI=1S/C15H23NO/c1-15(2)9-5-7-12(10-15)14-8-4-3-6-13(14)11-17-16/h3-4,6,8,12H,5,7,9-11,16H2,1-2H3. The van der Waals surface area contributed by atoms with Gasteiger partial charge in [-0.1, -0.05) is 44.5 Å². The molecule has 1 unspecified atom stereocenters. The van der Waals surface area contributed by atoms with Crippen molar-refractivity contribution in [3.63, 3.8) is 0 Å². The van der Waals surface area contributed by atoms with Crippen LogP contribution in [-0.2, 0) is 11.4 Å². The summed E-state index contributed by atoms with van der Waals surface area (Å²) in [6.45, 7) is 5.27. The molecule has 0 radical (unpaired) electrons. The molecule has 1 aliphatic rings. The average Bonchev–Trinajstić information content (AvgIpc) is 2.29. The normalized spacial score (nSPS) is 23.6. The van der Waals surface area contributed by atoms with Gasteiger partial charge in [0.2, 0.25) is 0 Å². The van der Waals surface area contributed by atoms with Crippen molar-refractivity contribution in [1.82, 2.24) is 0 Å². The molecule has 0 aromatic heterocycles. The van der Waals surface area contributed by atoms with Gasteiger partial charge in [0.25, 0.3) is 0 Å². The van der Waals surface area contributed by atoms with Gasteiger partial charge in [0, 0.05) is 0 Å². The summed E-state index contributed by atoms with van der Waals surface area (Å²) < 4.78 is 0. The summed E-state index contributed by atoms with van der Waals surface area (Å²) in [6.07, 6.45) is 5.24. The lowest BCUT2D eigenvalue weighted by Crippen LogP contribution is -2.22. The van der Waals surface area contributed by atoms with Crippen LogP contribution in [0.5, 0.6) is 0 Å². The lowest BCUT2D eigenvalue weighted by molar-refractivity contribution is 0.122. The summed E-state index contributed by atoms with van der Waals surface area (Å²) in [4.78, 5) is 4.81. The van der Waals surface area contributed by atoms with E-state index < -0.39 is 0 Å². The third kappa shape index (κ3) is 3.08. The molecule has 2 nitrogen and oxygen atoms in total. The molecule has 1 aliphatic carbocycles. The van der Waals surface area contributed by atoms with Gasteiger partial charge in [-0.15, -0.1) is 0 Å². The van der Waals surface area contributed by atoms with Crippen molar-refractivity contribution >= 4 is 0 Å². The van der Waals surface area contributed by atoms with Gasteiger partial charge in [-0.2, -0.15) is 0 Å². The second-order valence-electron chi connectivity index (χ2n) is 5.97. The third-order valence-corrected chi connectivity index (χ3v) is 3.94. The van der Waals surface area contributed by atoms with Crippen LogP contribution in [-0.4, -0.2) is 0 Å². The van der Waals surface area contributed by atoms with E-state index in [1.165, 1.54) is 36.8 Å². The maximum Gasteiger partial charge on any atom is 0.0932 e. The van der Waals surface area contributed by atoms with Crippen LogP contribution >= 0.6 is 0 Å². The molecule has 1 fully saturated rings. The maximum absolute atomic E-state index is 5.21. The van der Waals surface area contributed by atoms with Crippen molar-refractivity contribution in [2.75, 3.05) is 0 Å². The van der Waals surface area contributed by atoms with Crippen LogP contribution in [0, 0.1) is 5.41 Å². The topological polar surface area (TPSA) is 35.2 Å². The maximum atomic E-state index is 5.21. The van der Waals surface area contributed by atoms with Gasteiger partial charge < -0.3 is 0 Å². The molecule has 1 saturated carbocycles. The van der Waals surface area contributed by atoms with E-state index in [0.29, 0.717) is 17.9 Å². The van der Waals surface area contributed by atoms with E-state index in [4.69, 9.17) is 10.7 Å². The Morgan fingerprint density at radius 1 is 1.35 bits per heavy atom. The van der Waals surface area contributed by atoms with E-state index in [1.54, 1.807) is 0 Å². The molecular weight excluding hydrogens is 210 g/mol. The second-order valence-corrected chi connectivity index (χ2v) is 5.97. The first-order valence-electron chi connectivity index (χ1n) is 6.52. The van der Waals surface area contributed by atoms with Crippen LogP contribution in [0.4, 0.5) is 0 Å². The predicted molar refractivity (Wildman–Crippen MR) is 70.4 cm³/mol. The molecular formula is C15H23NO. The van der Waals surface area contributed by atoms with Gasteiger partial charge in [-0.05, 0) is 41.7 Å². The SMILES string of the molecule is CC1(C)CCCC(c2ccccc2CON)C1. The predicted octanol–water partition coefficient (Wildman–Crippen LogP) is 3.76. The molecule has 0 amide bonds. The monoisotopic (exact) mass is 233 g/mol. The van der Waals surface area contributed by atoms with Gasteiger partial charge in [0.05, 0.1) is 6.61 Å². The number of hydrogen-bond donors (Lipinski definition) is 1. The van der Waals surface area contributed by atoms with E-state index >= 15 is 0 Å². The van der Waals surface area contributed by atoms with Crippen molar-refractivity contribution in [3.8, 4) is 0 Å². The molecule has 0 aliphatic heterocycles. The molecule has 1 aromatic carbocycles. The van der Waals surface area contributed by atoms with Gasteiger partial charge in [0.15, 0.2) is 0 Å². The zero-order chi connectivity index (χ0) is 12.3. The van der Waals surface area contributed by atoms with Crippen molar-refractivity contribution < 1.29 is 4.84 Å². The molecule has 1 atom stereocenters. The van der Waals surface area contributed by atoms with E-state index in [1.807, 2.05) is 0 Å². The average molecular weight is 233 g/mol. The van der Waals surface area contributed by atoms with Crippen LogP contribution in [0.25, 0.3) is 0 Å². The number of rotatable bonds is 3. The van der Waals surface area contributed by atoms with E-state index in [0.717, 1.165) is 0 Å². The van der Waals surface area contributed by atoms with Crippen LogP contribution in [0.3, 0.4) is 0 Å². The molecule has 94 valence electrons. The Morgan fingerprint density at radius 3 is 2.82 bits per heavy atom. The van der Waals surface area contributed by atoms with Crippen molar-refractivity contribution in [3.05, 3.63) is 35.4 Å². The van der Waals surface area contributed by atoms with Crippen LogP contribution in [0.15, 0.2) is 24.3 Å². The molecule has 1 aromatic rings. The summed E-state index contributed by atoms with van der Waals surface area (Å²) in [5, 5.41) is 0. The highest BCUT2D eigenvalue weighted by Gasteiger charge is 2.29. The van der Waals surface area contributed by atoms with Gasteiger partial charge in [0.1, 0.15) is 0 Å². The minimum atomic E-state index is 0.472. The van der Waals surface area contributed by atoms with E-state index in [-0.39, 0.29) is 0 Å². The molecule has 0 bridgehead atoms. The number of nitrogens with two attached hydrogens (primary N) is 1. The second kappa shape index (κ2) is 5.19. The van der Waals surface area contributed by atoms with E-state index in [2.05, 4.69) is 38.1 Å². The van der Waals surface area contributed by atoms with Crippen molar-refractivity contribution in [1.29, 1.82) is 0 Å².